The Morgan fingerprint density at radius 2 is 1.89 bits per heavy atom. The average Bonchev–Trinajstić information content (AvgIpc) is 3.05. The first kappa shape index (κ1) is 21.2. The fraction of sp³-hybridized carbons (Fsp3) is 0.409. The van der Waals surface area contributed by atoms with Gasteiger partial charge in [0.25, 0.3) is 5.91 Å². The lowest BCUT2D eigenvalue weighted by atomic mass is 9.81. The molecule has 2 rings (SSSR count). The zero-order valence-corrected chi connectivity index (χ0v) is 17.4. The normalized spacial score (nSPS) is 12.4. The number of hydrogen-bond acceptors (Lipinski definition) is 4. The number of nitrogens with one attached hydrogen (secondary N) is 2. The van der Waals surface area contributed by atoms with Crippen molar-refractivity contribution in [2.24, 2.45) is 5.41 Å². The highest BCUT2D eigenvalue weighted by atomic mass is 16.5. The number of carbonyl (C=O) groups excluding carboxylic acids is 1. The number of methoxy groups -OCH3 is 1. The first-order valence-electron chi connectivity index (χ1n) is 9.17. The van der Waals surface area contributed by atoms with Crippen molar-refractivity contribution in [3.8, 4) is 23.1 Å². The molecule has 2 N–H and O–H groups in total. The molecular weight excluding hydrogens is 352 g/mol. The van der Waals surface area contributed by atoms with E-state index in [1.165, 1.54) is 0 Å². The highest BCUT2D eigenvalue weighted by molar-refractivity contribution is 6.02. The van der Waals surface area contributed by atoms with Gasteiger partial charge in [0.15, 0.2) is 0 Å². The van der Waals surface area contributed by atoms with Gasteiger partial charge in [0.05, 0.1) is 19.0 Å². The summed E-state index contributed by atoms with van der Waals surface area (Å²) in [6.07, 6.45) is 3.95. The number of hydrogen-bond donors (Lipinski definition) is 2. The number of carbonyl (C=O) groups is 1. The molecule has 1 aromatic carbocycles. The van der Waals surface area contributed by atoms with Gasteiger partial charge < -0.3 is 10.1 Å². The maximum absolute atomic E-state index is 12.7. The summed E-state index contributed by atoms with van der Waals surface area (Å²) in [4.78, 5) is 12.7. The van der Waals surface area contributed by atoms with Gasteiger partial charge in [-0.15, -0.1) is 0 Å². The Kier molecular flexibility index (Phi) is 6.30. The third-order valence-corrected chi connectivity index (χ3v) is 4.14. The highest BCUT2D eigenvalue weighted by Crippen LogP contribution is 2.28. The molecule has 1 heterocycles. The molecule has 0 aliphatic heterocycles. The van der Waals surface area contributed by atoms with Crippen LogP contribution in [0.4, 0.5) is 0 Å². The highest BCUT2D eigenvalue weighted by Gasteiger charge is 2.28. The van der Waals surface area contributed by atoms with Crippen molar-refractivity contribution in [2.45, 2.75) is 46.6 Å². The van der Waals surface area contributed by atoms with E-state index in [-0.39, 0.29) is 11.0 Å². The van der Waals surface area contributed by atoms with Crippen LogP contribution in [0.15, 0.2) is 36.0 Å². The maximum Gasteiger partial charge on any atom is 0.262 e. The number of ether oxygens (including phenoxy) is 1. The van der Waals surface area contributed by atoms with Crippen molar-refractivity contribution < 1.29 is 9.53 Å². The maximum atomic E-state index is 12.7. The third-order valence-electron chi connectivity index (χ3n) is 4.14. The molecule has 2 aromatic rings. The number of nitriles is 1. The zero-order chi connectivity index (χ0) is 20.9. The van der Waals surface area contributed by atoms with Gasteiger partial charge in [0.1, 0.15) is 17.4 Å². The molecule has 148 valence electrons. The molecule has 0 radical (unpaired) electrons. The van der Waals surface area contributed by atoms with Crippen LogP contribution >= 0.6 is 0 Å². The van der Waals surface area contributed by atoms with Gasteiger partial charge in [-0.1, -0.05) is 20.8 Å². The van der Waals surface area contributed by atoms with Gasteiger partial charge in [0.2, 0.25) is 0 Å². The Balaban J connectivity index is 2.27. The van der Waals surface area contributed by atoms with Crippen molar-refractivity contribution in [3.63, 3.8) is 0 Å². The number of nitrogens with zero attached hydrogens (tertiary/aromatic N) is 2. The number of rotatable bonds is 6. The van der Waals surface area contributed by atoms with Crippen LogP contribution in [0.5, 0.6) is 5.75 Å². The van der Waals surface area contributed by atoms with E-state index in [1.54, 1.807) is 19.4 Å². The smallest absolute Gasteiger partial charge is 0.262 e. The van der Waals surface area contributed by atoms with Gasteiger partial charge in [-0.2, -0.15) is 10.4 Å². The quantitative estimate of drug-likeness (QED) is 0.577. The lowest BCUT2D eigenvalue weighted by molar-refractivity contribution is -0.118. The van der Waals surface area contributed by atoms with E-state index in [0.29, 0.717) is 5.56 Å². The summed E-state index contributed by atoms with van der Waals surface area (Å²) in [6.45, 7) is 10.3. The SMILES string of the molecule is COc1ccc(-c2[nH]ncc2/C=C(\C#N)C(=O)NC(C)(C)CC(C)(C)C)cc1. The Morgan fingerprint density at radius 1 is 1.25 bits per heavy atom. The summed E-state index contributed by atoms with van der Waals surface area (Å²) < 4.78 is 5.18. The van der Waals surface area contributed by atoms with Crippen LogP contribution < -0.4 is 10.1 Å². The molecular formula is C22H28N4O2. The number of aromatic amines is 1. The second kappa shape index (κ2) is 8.30. The largest absolute Gasteiger partial charge is 0.497 e. The van der Waals surface area contributed by atoms with E-state index in [9.17, 15) is 10.1 Å². The van der Waals surface area contributed by atoms with Gasteiger partial charge in [0, 0.05) is 16.7 Å². The molecule has 1 aromatic heterocycles. The molecule has 0 fully saturated rings. The topological polar surface area (TPSA) is 90.8 Å². The van der Waals surface area contributed by atoms with Gasteiger partial charge in [-0.3, -0.25) is 9.89 Å². The van der Waals surface area contributed by atoms with E-state index >= 15 is 0 Å². The monoisotopic (exact) mass is 380 g/mol. The van der Waals surface area contributed by atoms with Crippen LogP contribution in [0.1, 0.15) is 46.6 Å². The molecule has 0 bridgehead atoms. The Morgan fingerprint density at radius 3 is 2.43 bits per heavy atom. The predicted octanol–water partition coefficient (Wildman–Crippen LogP) is 4.32. The van der Waals surface area contributed by atoms with Crippen LogP contribution in [0, 0.1) is 16.7 Å². The first-order valence-corrected chi connectivity index (χ1v) is 9.17. The molecule has 0 aliphatic rings. The average molecular weight is 380 g/mol. The molecule has 0 saturated heterocycles. The number of aromatic nitrogens is 2. The van der Waals surface area contributed by atoms with Crippen molar-refractivity contribution in [1.82, 2.24) is 15.5 Å². The van der Waals surface area contributed by atoms with E-state index in [0.717, 1.165) is 23.4 Å². The molecule has 0 saturated carbocycles. The summed E-state index contributed by atoms with van der Waals surface area (Å²) in [6, 6.07) is 9.48. The zero-order valence-electron chi connectivity index (χ0n) is 17.4. The van der Waals surface area contributed by atoms with Crippen molar-refractivity contribution in [2.75, 3.05) is 7.11 Å². The molecule has 6 heteroatoms. The van der Waals surface area contributed by atoms with Crippen molar-refractivity contribution >= 4 is 12.0 Å². The fourth-order valence-corrected chi connectivity index (χ4v) is 3.44. The molecule has 0 aliphatic carbocycles. The molecule has 0 unspecified atom stereocenters. The Hall–Kier alpha value is -3.07. The van der Waals surface area contributed by atoms with E-state index < -0.39 is 11.4 Å². The van der Waals surface area contributed by atoms with Crippen LogP contribution in [0.25, 0.3) is 17.3 Å². The standard InChI is InChI=1S/C22H28N4O2/c1-21(2,3)14-22(4,5)25-20(27)16(12-23)11-17-13-24-26-19(17)15-7-9-18(28-6)10-8-15/h7-11,13H,14H2,1-6H3,(H,24,26)(H,25,27)/b16-11+. The van der Waals surface area contributed by atoms with E-state index in [2.05, 4.69) is 36.3 Å². The second-order valence-corrected chi connectivity index (χ2v) is 8.67. The molecule has 6 nitrogen and oxygen atoms in total. The number of H-pyrrole nitrogens is 1. The minimum absolute atomic E-state index is 0.0399. The van der Waals surface area contributed by atoms with E-state index in [1.807, 2.05) is 44.2 Å². The summed E-state index contributed by atoms with van der Waals surface area (Å²) >= 11 is 0. The predicted molar refractivity (Wildman–Crippen MR) is 110 cm³/mol. The minimum Gasteiger partial charge on any atom is -0.497 e. The lowest BCUT2D eigenvalue weighted by Gasteiger charge is -2.33. The van der Waals surface area contributed by atoms with Crippen LogP contribution in [-0.4, -0.2) is 28.8 Å². The minimum atomic E-state index is -0.430. The molecule has 28 heavy (non-hydrogen) atoms. The van der Waals surface area contributed by atoms with Crippen LogP contribution in [-0.2, 0) is 4.79 Å². The van der Waals surface area contributed by atoms with Crippen LogP contribution in [0.3, 0.4) is 0 Å². The first-order chi connectivity index (χ1) is 13.0. The number of benzene rings is 1. The van der Waals surface area contributed by atoms with Gasteiger partial charge in [-0.25, -0.2) is 0 Å². The Labute approximate surface area is 166 Å². The third kappa shape index (κ3) is 5.71. The van der Waals surface area contributed by atoms with Gasteiger partial charge >= 0.3 is 0 Å². The molecule has 0 atom stereocenters. The summed E-state index contributed by atoms with van der Waals surface area (Å²) in [5.41, 5.74) is 1.95. The Bertz CT molecular complexity index is 894. The lowest BCUT2D eigenvalue weighted by Crippen LogP contribution is -2.46. The fourth-order valence-electron chi connectivity index (χ4n) is 3.44. The van der Waals surface area contributed by atoms with Crippen LogP contribution in [0.2, 0.25) is 0 Å². The molecule has 1 amide bonds. The summed E-state index contributed by atoms with van der Waals surface area (Å²) in [5, 5.41) is 19.5. The number of amides is 1. The second-order valence-electron chi connectivity index (χ2n) is 8.67. The summed E-state index contributed by atoms with van der Waals surface area (Å²) in [7, 11) is 1.61. The van der Waals surface area contributed by atoms with E-state index in [4.69, 9.17) is 4.74 Å². The van der Waals surface area contributed by atoms with Crippen molar-refractivity contribution in [1.29, 1.82) is 5.26 Å². The summed E-state index contributed by atoms with van der Waals surface area (Å²) in [5.74, 6) is 0.358. The van der Waals surface area contributed by atoms with Gasteiger partial charge in [-0.05, 0) is 56.0 Å². The van der Waals surface area contributed by atoms with Crippen molar-refractivity contribution in [3.05, 3.63) is 41.6 Å². The molecule has 0 spiro atoms.